The molecule has 0 aliphatic rings. The zero-order chi connectivity index (χ0) is 12.9. The quantitative estimate of drug-likeness (QED) is 0.767. The molecule has 0 aliphatic heterocycles. The predicted octanol–water partition coefficient (Wildman–Crippen LogP) is 3.61. The van der Waals surface area contributed by atoms with Crippen molar-refractivity contribution in [2.24, 2.45) is 0 Å². The van der Waals surface area contributed by atoms with Gasteiger partial charge in [0.25, 0.3) is 0 Å². The van der Waals surface area contributed by atoms with E-state index >= 15 is 0 Å². The molecule has 3 rings (SSSR count). The smallest absolute Gasteiger partial charge is 0.0660 e. The number of anilines is 1. The van der Waals surface area contributed by atoms with Crippen molar-refractivity contribution in [2.45, 2.75) is 13.1 Å². The molecule has 0 fully saturated rings. The van der Waals surface area contributed by atoms with Crippen molar-refractivity contribution in [1.82, 2.24) is 9.78 Å². The van der Waals surface area contributed by atoms with Crippen molar-refractivity contribution in [3.8, 4) is 0 Å². The number of rotatable bonds is 5. The first-order chi connectivity index (χ1) is 9.40. The maximum atomic E-state index is 4.23. The van der Waals surface area contributed by atoms with E-state index in [0.717, 1.165) is 18.8 Å². The Morgan fingerprint density at radius 3 is 2.95 bits per heavy atom. The molecule has 19 heavy (non-hydrogen) atoms. The largest absolute Gasteiger partial charge is 0.381 e. The molecule has 3 nitrogen and oxygen atoms in total. The molecule has 96 valence electrons. The number of nitrogens with one attached hydrogen (secondary N) is 1. The van der Waals surface area contributed by atoms with Gasteiger partial charge in [0.05, 0.1) is 6.54 Å². The summed E-state index contributed by atoms with van der Waals surface area (Å²) < 4.78 is 1.93. The summed E-state index contributed by atoms with van der Waals surface area (Å²) in [5.41, 5.74) is 3.72. The average molecular weight is 269 g/mol. The molecule has 3 aromatic rings. The van der Waals surface area contributed by atoms with Crippen molar-refractivity contribution in [3.05, 3.63) is 70.7 Å². The van der Waals surface area contributed by atoms with Crippen molar-refractivity contribution < 1.29 is 0 Å². The molecule has 0 atom stereocenters. The van der Waals surface area contributed by atoms with E-state index in [9.17, 15) is 0 Å². The van der Waals surface area contributed by atoms with Gasteiger partial charge in [0.2, 0.25) is 0 Å². The third-order valence-corrected chi connectivity index (χ3v) is 3.64. The fourth-order valence-corrected chi connectivity index (χ4v) is 2.63. The second-order valence-corrected chi connectivity index (χ2v) is 5.17. The second-order valence-electron chi connectivity index (χ2n) is 4.39. The number of aromatic nitrogens is 2. The van der Waals surface area contributed by atoms with Crippen LogP contribution in [0.1, 0.15) is 11.1 Å². The van der Waals surface area contributed by atoms with Gasteiger partial charge in [0.1, 0.15) is 0 Å². The van der Waals surface area contributed by atoms with Gasteiger partial charge in [0, 0.05) is 24.6 Å². The van der Waals surface area contributed by atoms with Gasteiger partial charge in [-0.25, -0.2) is 0 Å². The first-order valence-electron chi connectivity index (χ1n) is 6.21. The maximum Gasteiger partial charge on any atom is 0.0660 e. The molecule has 0 spiro atoms. The Bertz CT molecular complexity index is 615. The zero-order valence-electron chi connectivity index (χ0n) is 10.5. The lowest BCUT2D eigenvalue weighted by atomic mass is 10.2. The van der Waals surface area contributed by atoms with Crippen LogP contribution in [0.5, 0.6) is 0 Å². The minimum Gasteiger partial charge on any atom is -0.381 e. The Hall–Kier alpha value is -2.07. The minimum atomic E-state index is 0.807. The molecule has 0 aliphatic carbocycles. The first-order valence-corrected chi connectivity index (χ1v) is 7.16. The third kappa shape index (κ3) is 3.23. The Balaban J connectivity index is 1.66. The summed E-state index contributed by atoms with van der Waals surface area (Å²) in [5.74, 6) is 0. The highest BCUT2D eigenvalue weighted by Gasteiger charge is 1.98. The molecule has 2 heterocycles. The molecule has 0 radical (unpaired) electrons. The summed E-state index contributed by atoms with van der Waals surface area (Å²) in [7, 11) is 0. The highest BCUT2D eigenvalue weighted by Crippen LogP contribution is 2.14. The molecule has 1 aromatic carbocycles. The van der Waals surface area contributed by atoms with E-state index in [1.165, 1.54) is 11.1 Å². The number of hydrogen-bond acceptors (Lipinski definition) is 3. The van der Waals surface area contributed by atoms with Crippen LogP contribution < -0.4 is 5.32 Å². The number of benzene rings is 1. The molecule has 0 saturated carbocycles. The Morgan fingerprint density at radius 2 is 2.16 bits per heavy atom. The molecule has 0 unspecified atom stereocenters. The van der Waals surface area contributed by atoms with Crippen LogP contribution in [0.4, 0.5) is 5.69 Å². The van der Waals surface area contributed by atoms with Crippen molar-refractivity contribution in [1.29, 1.82) is 0 Å². The van der Waals surface area contributed by atoms with Gasteiger partial charge in [-0.15, -0.1) is 0 Å². The molecule has 4 heteroatoms. The molecule has 0 saturated heterocycles. The lowest BCUT2D eigenvalue weighted by Gasteiger charge is -2.08. The van der Waals surface area contributed by atoms with E-state index < -0.39 is 0 Å². The van der Waals surface area contributed by atoms with E-state index in [1.807, 2.05) is 16.9 Å². The van der Waals surface area contributed by atoms with Crippen LogP contribution in [0.3, 0.4) is 0 Å². The predicted molar refractivity (Wildman–Crippen MR) is 79.4 cm³/mol. The molecular formula is C15H15N3S. The van der Waals surface area contributed by atoms with E-state index in [4.69, 9.17) is 0 Å². The van der Waals surface area contributed by atoms with Gasteiger partial charge in [-0.2, -0.15) is 16.4 Å². The van der Waals surface area contributed by atoms with Gasteiger partial charge in [0.15, 0.2) is 0 Å². The fraction of sp³-hybridized carbons (Fsp3) is 0.133. The Kier molecular flexibility index (Phi) is 3.61. The molecule has 1 N–H and O–H groups in total. The third-order valence-electron chi connectivity index (χ3n) is 2.91. The van der Waals surface area contributed by atoms with Crippen molar-refractivity contribution in [3.63, 3.8) is 0 Å². The van der Waals surface area contributed by atoms with E-state index in [2.05, 4.69) is 51.5 Å². The summed E-state index contributed by atoms with van der Waals surface area (Å²) in [6, 6.07) is 12.6. The standard InChI is InChI=1S/C15H15N3S/c1-3-13(11-18-7-2-6-17-18)9-15(4-1)16-10-14-5-8-19-12-14/h1-9,12,16H,10-11H2. The summed E-state index contributed by atoms with van der Waals surface area (Å²) in [4.78, 5) is 0. The highest BCUT2D eigenvalue weighted by molar-refractivity contribution is 7.07. The van der Waals surface area contributed by atoms with Crippen LogP contribution >= 0.6 is 11.3 Å². The van der Waals surface area contributed by atoms with Gasteiger partial charge >= 0.3 is 0 Å². The lowest BCUT2D eigenvalue weighted by molar-refractivity contribution is 0.687. The summed E-state index contributed by atoms with van der Waals surface area (Å²) in [6.45, 7) is 1.68. The highest BCUT2D eigenvalue weighted by atomic mass is 32.1. The summed E-state index contributed by atoms with van der Waals surface area (Å²) in [6.07, 6.45) is 3.78. The van der Waals surface area contributed by atoms with Crippen LogP contribution in [0, 0.1) is 0 Å². The minimum absolute atomic E-state index is 0.807. The van der Waals surface area contributed by atoms with Crippen LogP contribution in [0.25, 0.3) is 0 Å². The van der Waals surface area contributed by atoms with Gasteiger partial charge in [-0.1, -0.05) is 12.1 Å². The molecule has 0 bridgehead atoms. The van der Waals surface area contributed by atoms with E-state index in [1.54, 1.807) is 17.5 Å². The van der Waals surface area contributed by atoms with Crippen molar-refractivity contribution >= 4 is 17.0 Å². The Labute approximate surface area is 116 Å². The summed E-state index contributed by atoms with van der Waals surface area (Å²) >= 11 is 1.73. The van der Waals surface area contributed by atoms with Gasteiger partial charge < -0.3 is 5.32 Å². The fourth-order valence-electron chi connectivity index (χ4n) is 1.96. The van der Waals surface area contributed by atoms with Crippen molar-refractivity contribution in [2.75, 3.05) is 5.32 Å². The number of nitrogens with zero attached hydrogens (tertiary/aromatic N) is 2. The van der Waals surface area contributed by atoms with E-state index in [-0.39, 0.29) is 0 Å². The number of thiophene rings is 1. The zero-order valence-corrected chi connectivity index (χ0v) is 11.3. The van der Waals surface area contributed by atoms with Crippen LogP contribution in [0.2, 0.25) is 0 Å². The first kappa shape index (κ1) is 12.0. The molecule has 2 aromatic heterocycles. The Morgan fingerprint density at radius 1 is 1.16 bits per heavy atom. The van der Waals surface area contributed by atoms with Gasteiger partial charge in [-0.05, 0) is 46.2 Å². The maximum absolute atomic E-state index is 4.23. The summed E-state index contributed by atoms with van der Waals surface area (Å²) in [5, 5.41) is 11.9. The van der Waals surface area contributed by atoms with Crippen LogP contribution in [-0.2, 0) is 13.1 Å². The van der Waals surface area contributed by atoms with Gasteiger partial charge in [-0.3, -0.25) is 4.68 Å². The second kappa shape index (κ2) is 5.71. The molecule has 0 amide bonds. The lowest BCUT2D eigenvalue weighted by Crippen LogP contribution is -2.02. The molecular weight excluding hydrogens is 254 g/mol. The van der Waals surface area contributed by atoms with Crippen LogP contribution in [0.15, 0.2) is 59.6 Å². The van der Waals surface area contributed by atoms with E-state index in [0.29, 0.717) is 0 Å². The topological polar surface area (TPSA) is 29.9 Å². The average Bonchev–Trinajstić information content (AvgIpc) is 3.10. The van der Waals surface area contributed by atoms with Crippen LogP contribution in [-0.4, -0.2) is 9.78 Å². The SMILES string of the molecule is c1cc(Cn2cccn2)cc(NCc2ccsc2)c1. The normalized spacial score (nSPS) is 10.5. The number of hydrogen-bond donors (Lipinski definition) is 1. The monoisotopic (exact) mass is 269 g/mol.